The lowest BCUT2D eigenvalue weighted by molar-refractivity contribution is -0.292. The average Bonchev–Trinajstić information content (AvgIpc) is 2.92. The zero-order valence-electron chi connectivity index (χ0n) is 22.1. The molecule has 0 radical (unpaired) electrons. The molecule has 8 unspecified atom stereocenters. The summed E-state index contributed by atoms with van der Waals surface area (Å²) in [4.78, 5) is 24.6. The molecule has 11 nitrogen and oxygen atoms in total. The van der Waals surface area contributed by atoms with E-state index in [1.165, 1.54) is 34.8 Å². The van der Waals surface area contributed by atoms with Crippen molar-refractivity contribution in [2.45, 2.75) is 56.6 Å². The van der Waals surface area contributed by atoms with Crippen LogP contribution in [0.15, 0.2) is 18.2 Å². The lowest BCUT2D eigenvalue weighted by atomic mass is 9.81. The summed E-state index contributed by atoms with van der Waals surface area (Å²) in [7, 11) is 4.20. The largest absolute Gasteiger partial charge is 0.506 e. The average molecular weight is 598 g/mol. The summed E-state index contributed by atoms with van der Waals surface area (Å²) in [6.07, 6.45) is -8.68. The van der Waals surface area contributed by atoms with Crippen LogP contribution in [-0.2, 0) is 9.53 Å². The van der Waals surface area contributed by atoms with Crippen LogP contribution in [0.1, 0.15) is 28.8 Å². The third-order valence-electron chi connectivity index (χ3n) is 7.55. The summed E-state index contributed by atoms with van der Waals surface area (Å²) in [5.74, 6) is -0.622. The van der Waals surface area contributed by atoms with Gasteiger partial charge in [-0.2, -0.15) is 0 Å². The number of hydrogen-bond donors (Lipinski definition) is 6. The Labute approximate surface area is 239 Å². The lowest BCUT2D eigenvalue weighted by Crippen LogP contribution is -2.63. The van der Waals surface area contributed by atoms with Gasteiger partial charge in [0.05, 0.1) is 24.2 Å². The van der Waals surface area contributed by atoms with Crippen molar-refractivity contribution in [1.82, 2.24) is 0 Å². The first kappa shape index (κ1) is 30.8. The van der Waals surface area contributed by atoms with Crippen molar-refractivity contribution < 1.29 is 49.3 Å². The van der Waals surface area contributed by atoms with Crippen molar-refractivity contribution >= 4 is 44.4 Å². The highest BCUT2D eigenvalue weighted by atomic mass is 33.1. The predicted octanol–water partition coefficient (Wildman–Crippen LogP) is 1.16. The van der Waals surface area contributed by atoms with E-state index < -0.39 is 48.6 Å². The molecule has 2 aliphatic heterocycles. The first-order chi connectivity index (χ1) is 19.1. The molecule has 0 saturated carbocycles. The molecule has 4 bridgehead atoms. The summed E-state index contributed by atoms with van der Waals surface area (Å²) in [6, 6.07) is 4.82. The smallest absolute Gasteiger partial charge is 0.229 e. The minimum Gasteiger partial charge on any atom is -0.506 e. The fourth-order valence-electron chi connectivity index (χ4n) is 5.31. The third kappa shape index (κ3) is 6.07. The molecule has 2 aromatic rings. The number of Topliss-reactive ketones (excluding diaryl/α,β-unsaturated/α-hetero) is 1. The molecule has 13 heteroatoms. The molecule has 2 aromatic carbocycles. The standard InChI is InChI=1S/C27H35NO10S2/c1-12-7-14-8-15(36-2)9-18-20(14)22(32)19(12)17(30)4-6-39-40-11-16(13(10-28)3-5-29)21(31)26-24(34)23(33)25(35)27(37-18)38-26/h5,7-9,13,16,21,23-27,31-35H,3-4,6,10-11,28H2,1-2H3. The number of fused-ring (bicyclic) bond motifs is 3. The van der Waals surface area contributed by atoms with E-state index in [2.05, 4.69) is 0 Å². The van der Waals surface area contributed by atoms with E-state index in [0.29, 0.717) is 34.5 Å². The number of benzene rings is 2. The number of phenolic OH excluding ortho intramolecular Hbond substituents is 1. The number of aryl methyl sites for hydroxylation is 1. The maximum absolute atomic E-state index is 13.2. The Bertz CT molecular complexity index is 1230. The van der Waals surface area contributed by atoms with Gasteiger partial charge in [0.1, 0.15) is 48.0 Å². The molecule has 4 rings (SSSR count). The van der Waals surface area contributed by atoms with Gasteiger partial charge >= 0.3 is 0 Å². The maximum atomic E-state index is 13.2. The highest BCUT2D eigenvalue weighted by Gasteiger charge is 2.50. The Morgan fingerprint density at radius 3 is 2.55 bits per heavy atom. The number of aromatic hydroxyl groups is 1. The molecule has 1 saturated heterocycles. The normalized spacial score (nSPS) is 30.6. The summed E-state index contributed by atoms with van der Waals surface area (Å²) >= 11 is 0. The van der Waals surface area contributed by atoms with Crippen LogP contribution in [-0.4, -0.2) is 99.6 Å². The van der Waals surface area contributed by atoms with E-state index in [-0.39, 0.29) is 47.6 Å². The summed E-state index contributed by atoms with van der Waals surface area (Å²) < 4.78 is 17.3. The number of phenols is 1. The van der Waals surface area contributed by atoms with Gasteiger partial charge in [0, 0.05) is 36.3 Å². The van der Waals surface area contributed by atoms with Gasteiger partial charge in [0.2, 0.25) is 6.29 Å². The second-order valence-corrected chi connectivity index (χ2v) is 12.7. The molecule has 220 valence electrons. The van der Waals surface area contributed by atoms with Gasteiger partial charge in [-0.1, -0.05) is 27.7 Å². The number of methoxy groups -OCH3 is 1. The minimum absolute atomic E-state index is 0.00357. The van der Waals surface area contributed by atoms with Gasteiger partial charge in [-0.3, -0.25) is 4.79 Å². The van der Waals surface area contributed by atoms with Crippen molar-refractivity contribution in [2.75, 3.05) is 25.2 Å². The third-order valence-corrected chi connectivity index (χ3v) is 10.0. The van der Waals surface area contributed by atoms with Crippen LogP contribution < -0.4 is 15.2 Å². The molecule has 40 heavy (non-hydrogen) atoms. The number of aliphatic hydroxyl groups excluding tert-OH is 4. The van der Waals surface area contributed by atoms with Crippen LogP contribution in [0.4, 0.5) is 0 Å². The molecule has 8 atom stereocenters. The van der Waals surface area contributed by atoms with Crippen LogP contribution in [0.5, 0.6) is 17.2 Å². The van der Waals surface area contributed by atoms with Crippen molar-refractivity contribution in [1.29, 1.82) is 0 Å². The number of carbonyl (C=O) groups is 2. The molecule has 2 aliphatic rings. The first-order valence-electron chi connectivity index (χ1n) is 12.9. The van der Waals surface area contributed by atoms with Crippen molar-refractivity contribution in [3.8, 4) is 17.2 Å². The molecule has 1 fully saturated rings. The molecular formula is C27H35NO10S2. The second kappa shape index (κ2) is 13.3. The number of hydrogen-bond acceptors (Lipinski definition) is 13. The van der Waals surface area contributed by atoms with Gasteiger partial charge in [-0.05, 0) is 36.4 Å². The van der Waals surface area contributed by atoms with Gasteiger partial charge < -0.3 is 50.3 Å². The number of ketones is 1. The monoisotopic (exact) mass is 597 g/mol. The van der Waals surface area contributed by atoms with Crippen LogP contribution in [0.3, 0.4) is 0 Å². The number of aldehydes is 1. The number of ether oxygens (including phenoxy) is 3. The molecule has 7 N–H and O–H groups in total. The van der Waals surface area contributed by atoms with Crippen molar-refractivity contribution in [2.24, 2.45) is 17.6 Å². The molecule has 0 aliphatic carbocycles. The highest BCUT2D eigenvalue weighted by molar-refractivity contribution is 8.76. The lowest BCUT2D eigenvalue weighted by Gasteiger charge is -2.44. The Balaban J connectivity index is 1.84. The number of aliphatic hydroxyl groups is 4. The SMILES string of the molecule is COc1cc2c3c(O)c(c(C)cc3c1)C(=O)CCSSCC(C(CN)CC=O)C(O)C1OC(O2)C(O)C(O)C1O. The number of nitrogens with two attached hydrogens (primary N) is 1. The first-order valence-corrected chi connectivity index (χ1v) is 15.4. The molecule has 0 spiro atoms. The van der Waals surface area contributed by atoms with E-state index in [0.717, 1.165) is 0 Å². The van der Waals surface area contributed by atoms with Gasteiger partial charge in [0.15, 0.2) is 5.78 Å². The maximum Gasteiger partial charge on any atom is 0.229 e. The van der Waals surface area contributed by atoms with E-state index >= 15 is 0 Å². The number of carbonyl (C=O) groups excluding carboxylic acids is 2. The van der Waals surface area contributed by atoms with Gasteiger partial charge in [-0.25, -0.2) is 0 Å². The van der Waals surface area contributed by atoms with Gasteiger partial charge in [-0.15, -0.1) is 0 Å². The fourth-order valence-corrected chi connectivity index (χ4v) is 7.78. The Kier molecular flexibility index (Phi) is 10.2. The highest BCUT2D eigenvalue weighted by Crippen LogP contribution is 2.43. The second-order valence-electron chi connectivity index (χ2n) is 10.0. The zero-order valence-corrected chi connectivity index (χ0v) is 23.8. The Hall–Kier alpha value is -2.10. The van der Waals surface area contributed by atoms with E-state index in [9.17, 15) is 35.1 Å². The van der Waals surface area contributed by atoms with E-state index in [1.54, 1.807) is 19.1 Å². The van der Waals surface area contributed by atoms with Gasteiger partial charge in [0.25, 0.3) is 0 Å². The summed E-state index contributed by atoms with van der Waals surface area (Å²) in [5.41, 5.74) is 6.63. The summed E-state index contributed by atoms with van der Waals surface area (Å²) in [5, 5.41) is 55.7. The van der Waals surface area contributed by atoms with Crippen LogP contribution in [0.25, 0.3) is 10.8 Å². The molecular weight excluding hydrogens is 562 g/mol. The van der Waals surface area contributed by atoms with Crippen molar-refractivity contribution in [3.05, 3.63) is 29.3 Å². The summed E-state index contributed by atoms with van der Waals surface area (Å²) in [6.45, 7) is 1.79. The molecule has 2 heterocycles. The van der Waals surface area contributed by atoms with Crippen LogP contribution >= 0.6 is 21.6 Å². The van der Waals surface area contributed by atoms with E-state index in [1.807, 2.05) is 0 Å². The fraction of sp³-hybridized carbons (Fsp3) is 0.556. The van der Waals surface area contributed by atoms with Crippen LogP contribution in [0.2, 0.25) is 0 Å². The Morgan fingerprint density at radius 2 is 1.88 bits per heavy atom. The topological polar surface area (TPSA) is 189 Å². The quantitative estimate of drug-likeness (QED) is 0.213. The van der Waals surface area contributed by atoms with E-state index in [4.69, 9.17) is 19.9 Å². The predicted molar refractivity (Wildman–Crippen MR) is 151 cm³/mol. The Morgan fingerprint density at radius 1 is 1.12 bits per heavy atom. The molecule has 0 aromatic heterocycles. The van der Waals surface area contributed by atoms with Crippen LogP contribution in [0, 0.1) is 18.8 Å². The zero-order chi connectivity index (χ0) is 29.1. The molecule has 0 amide bonds. The van der Waals surface area contributed by atoms with Crippen molar-refractivity contribution in [3.63, 3.8) is 0 Å². The minimum atomic E-state index is -1.76. The number of rotatable bonds is 5.